The van der Waals surface area contributed by atoms with E-state index in [0.29, 0.717) is 5.56 Å². The molecule has 1 saturated heterocycles. The van der Waals surface area contributed by atoms with Crippen molar-refractivity contribution in [1.82, 2.24) is 4.72 Å². The van der Waals surface area contributed by atoms with Crippen LogP contribution in [0.2, 0.25) is 0 Å². The summed E-state index contributed by atoms with van der Waals surface area (Å²) in [6.45, 7) is -0.202. The van der Waals surface area contributed by atoms with E-state index in [2.05, 4.69) is 0 Å². The van der Waals surface area contributed by atoms with E-state index in [4.69, 9.17) is 10.4 Å². The van der Waals surface area contributed by atoms with Crippen molar-refractivity contribution in [2.24, 2.45) is 0 Å². The number of nitrogens with zero attached hydrogens (tertiary/aromatic N) is 2. The van der Waals surface area contributed by atoms with E-state index in [-0.39, 0.29) is 12.2 Å². The summed E-state index contributed by atoms with van der Waals surface area (Å²) >= 11 is 0. The molecule has 0 aromatic heterocycles. The normalized spacial score (nSPS) is 21.5. The first-order chi connectivity index (χ1) is 8.44. The minimum Gasteiger partial charge on any atom is -0.480 e. The molecule has 8 heteroatoms. The van der Waals surface area contributed by atoms with Crippen LogP contribution >= 0.6 is 0 Å². The van der Waals surface area contributed by atoms with E-state index in [1.807, 2.05) is 10.8 Å². The predicted molar refractivity (Wildman–Crippen MR) is 62.0 cm³/mol. The first-order valence-electron chi connectivity index (χ1n) is 4.97. The Bertz CT molecular complexity index is 635. The summed E-state index contributed by atoms with van der Waals surface area (Å²) in [5.74, 6) is -1.24. The molecule has 94 valence electrons. The summed E-state index contributed by atoms with van der Waals surface area (Å²) in [6, 6.07) is 6.69. The molecule has 0 saturated carbocycles. The van der Waals surface area contributed by atoms with Crippen LogP contribution in [0.4, 0.5) is 5.69 Å². The van der Waals surface area contributed by atoms with Gasteiger partial charge in [-0.15, -0.1) is 0 Å². The fraction of sp³-hybridized carbons (Fsp3) is 0.200. The molecular formula is C10H9N3O4S. The standard InChI is InChI=1S/C10H9N3O4S/c11-5-7-2-1-3-8(4-7)13-6-9(10(14)15)12-18(13,16)17/h1-4,9,12H,6H2,(H,14,15). The molecule has 1 heterocycles. The lowest BCUT2D eigenvalue weighted by atomic mass is 10.2. The summed E-state index contributed by atoms with van der Waals surface area (Å²) in [5, 5.41) is 17.6. The van der Waals surface area contributed by atoms with Crippen LogP contribution in [0.5, 0.6) is 0 Å². The van der Waals surface area contributed by atoms with Crippen molar-refractivity contribution in [3.63, 3.8) is 0 Å². The van der Waals surface area contributed by atoms with E-state index in [0.717, 1.165) is 4.31 Å². The Morgan fingerprint density at radius 3 is 2.83 bits per heavy atom. The number of hydrogen-bond donors (Lipinski definition) is 2. The molecular weight excluding hydrogens is 258 g/mol. The summed E-state index contributed by atoms with van der Waals surface area (Å²) in [5.41, 5.74) is 0.576. The molecule has 1 aliphatic heterocycles. The topological polar surface area (TPSA) is 110 Å². The van der Waals surface area contributed by atoms with Crippen LogP contribution in [-0.2, 0) is 15.0 Å². The molecule has 0 radical (unpaired) electrons. The lowest BCUT2D eigenvalue weighted by Crippen LogP contribution is -2.34. The van der Waals surface area contributed by atoms with Gasteiger partial charge in [-0.1, -0.05) is 6.07 Å². The highest BCUT2D eigenvalue weighted by Crippen LogP contribution is 2.22. The summed E-state index contributed by atoms with van der Waals surface area (Å²) in [7, 11) is -3.87. The van der Waals surface area contributed by atoms with Gasteiger partial charge in [-0.2, -0.15) is 18.4 Å². The van der Waals surface area contributed by atoms with Gasteiger partial charge in [0.25, 0.3) is 0 Å². The second-order valence-corrected chi connectivity index (χ2v) is 5.33. The second kappa shape index (κ2) is 4.29. The van der Waals surface area contributed by atoms with Gasteiger partial charge in [0, 0.05) is 0 Å². The molecule has 1 aliphatic rings. The van der Waals surface area contributed by atoms with Crippen LogP contribution in [0.3, 0.4) is 0 Å². The highest BCUT2D eigenvalue weighted by molar-refractivity contribution is 7.91. The van der Waals surface area contributed by atoms with Crippen LogP contribution < -0.4 is 9.03 Å². The number of anilines is 1. The number of hydrogen-bond acceptors (Lipinski definition) is 4. The fourth-order valence-corrected chi connectivity index (χ4v) is 3.05. The molecule has 7 nitrogen and oxygen atoms in total. The van der Waals surface area contributed by atoms with Crippen LogP contribution in [0.25, 0.3) is 0 Å². The summed E-state index contributed by atoms with van der Waals surface area (Å²) < 4.78 is 26.5. The van der Waals surface area contributed by atoms with E-state index >= 15 is 0 Å². The minimum atomic E-state index is -3.87. The van der Waals surface area contributed by atoms with Crippen LogP contribution in [0.15, 0.2) is 24.3 Å². The third-order valence-electron chi connectivity index (χ3n) is 2.49. The molecule has 0 bridgehead atoms. The van der Waals surface area contributed by atoms with Crippen LogP contribution in [0, 0.1) is 11.3 Å². The lowest BCUT2D eigenvalue weighted by Gasteiger charge is -2.15. The van der Waals surface area contributed by atoms with Gasteiger partial charge < -0.3 is 5.11 Å². The number of nitriles is 1. The Kier molecular flexibility index (Phi) is 2.94. The van der Waals surface area contributed by atoms with Gasteiger partial charge in [-0.3, -0.25) is 9.10 Å². The first kappa shape index (κ1) is 12.3. The number of benzene rings is 1. The van der Waals surface area contributed by atoms with Gasteiger partial charge in [0.1, 0.15) is 6.04 Å². The molecule has 2 rings (SSSR count). The molecule has 18 heavy (non-hydrogen) atoms. The third kappa shape index (κ3) is 2.13. The van der Waals surface area contributed by atoms with Crippen molar-refractivity contribution < 1.29 is 18.3 Å². The lowest BCUT2D eigenvalue weighted by molar-refractivity contribution is -0.138. The Morgan fingerprint density at radius 1 is 1.56 bits per heavy atom. The molecule has 0 spiro atoms. The maximum Gasteiger partial charge on any atom is 0.323 e. The zero-order valence-electron chi connectivity index (χ0n) is 9.07. The Hall–Kier alpha value is -2.11. The zero-order valence-corrected chi connectivity index (χ0v) is 9.88. The smallest absolute Gasteiger partial charge is 0.323 e. The maximum atomic E-state index is 11.7. The third-order valence-corrected chi connectivity index (χ3v) is 4.01. The second-order valence-electron chi connectivity index (χ2n) is 3.71. The highest BCUT2D eigenvalue weighted by Gasteiger charge is 2.39. The Balaban J connectivity index is 2.39. The molecule has 1 atom stereocenters. The van der Waals surface area contributed by atoms with Crippen molar-refractivity contribution in [3.05, 3.63) is 29.8 Å². The number of carboxylic acids is 1. The van der Waals surface area contributed by atoms with Gasteiger partial charge in [0.15, 0.2) is 0 Å². The molecule has 2 N–H and O–H groups in total. The van der Waals surface area contributed by atoms with Crippen molar-refractivity contribution in [3.8, 4) is 6.07 Å². The Labute approximate surface area is 103 Å². The van der Waals surface area contributed by atoms with Crippen LogP contribution in [-0.4, -0.2) is 32.1 Å². The van der Waals surface area contributed by atoms with Crippen molar-refractivity contribution in [2.75, 3.05) is 10.8 Å². The van der Waals surface area contributed by atoms with E-state index in [1.54, 1.807) is 0 Å². The molecule has 0 amide bonds. The van der Waals surface area contributed by atoms with Gasteiger partial charge in [0.2, 0.25) is 0 Å². The summed E-state index contributed by atoms with van der Waals surface area (Å²) in [6.07, 6.45) is 0. The van der Waals surface area contributed by atoms with Gasteiger partial charge >= 0.3 is 16.2 Å². The predicted octanol–water partition coefficient (Wildman–Crippen LogP) is -0.334. The first-order valence-corrected chi connectivity index (χ1v) is 6.41. The summed E-state index contributed by atoms with van der Waals surface area (Å²) in [4.78, 5) is 10.8. The van der Waals surface area contributed by atoms with Gasteiger partial charge in [-0.05, 0) is 18.2 Å². The largest absolute Gasteiger partial charge is 0.480 e. The molecule has 1 aromatic carbocycles. The monoisotopic (exact) mass is 267 g/mol. The number of aliphatic carboxylic acids is 1. The number of carboxylic acid groups (broad SMARTS) is 1. The van der Waals surface area contributed by atoms with E-state index in [1.165, 1.54) is 24.3 Å². The van der Waals surface area contributed by atoms with Gasteiger partial charge in [0.05, 0.1) is 23.9 Å². The minimum absolute atomic E-state index is 0.202. The average Bonchev–Trinajstić information content (AvgIpc) is 2.65. The quantitative estimate of drug-likeness (QED) is 0.762. The number of nitrogens with one attached hydrogen (secondary N) is 1. The van der Waals surface area contributed by atoms with Gasteiger partial charge in [-0.25, -0.2) is 0 Å². The van der Waals surface area contributed by atoms with Crippen LogP contribution in [0.1, 0.15) is 5.56 Å². The van der Waals surface area contributed by atoms with Crippen molar-refractivity contribution in [2.45, 2.75) is 6.04 Å². The molecule has 1 unspecified atom stereocenters. The maximum absolute atomic E-state index is 11.7. The molecule has 1 fully saturated rings. The van der Waals surface area contributed by atoms with Crippen molar-refractivity contribution >= 4 is 21.9 Å². The SMILES string of the molecule is N#Cc1cccc(N2CC(C(=O)O)NS2(=O)=O)c1. The zero-order chi connectivity index (χ0) is 13.3. The molecule has 1 aromatic rings. The Morgan fingerprint density at radius 2 is 2.28 bits per heavy atom. The van der Waals surface area contributed by atoms with E-state index in [9.17, 15) is 13.2 Å². The fourth-order valence-electron chi connectivity index (χ4n) is 1.65. The highest BCUT2D eigenvalue weighted by atomic mass is 32.2. The molecule has 0 aliphatic carbocycles. The van der Waals surface area contributed by atoms with Crippen molar-refractivity contribution in [1.29, 1.82) is 5.26 Å². The number of rotatable bonds is 2. The van der Waals surface area contributed by atoms with E-state index < -0.39 is 22.2 Å². The average molecular weight is 267 g/mol. The number of carbonyl (C=O) groups is 1.